The van der Waals surface area contributed by atoms with Gasteiger partial charge in [0, 0.05) is 18.9 Å². The quantitative estimate of drug-likeness (QED) is 0.822. The lowest BCUT2D eigenvalue weighted by molar-refractivity contribution is 0.249. The molecule has 0 fully saturated rings. The lowest BCUT2D eigenvalue weighted by Gasteiger charge is -2.29. The highest BCUT2D eigenvalue weighted by Gasteiger charge is 2.25. The van der Waals surface area contributed by atoms with Gasteiger partial charge in [-0.2, -0.15) is 10.2 Å². The van der Waals surface area contributed by atoms with Crippen LogP contribution in [0.15, 0.2) is 40.5 Å². The number of carbonyl (C=O) groups is 1. The Morgan fingerprint density at radius 3 is 2.80 bits per heavy atom. The van der Waals surface area contributed by atoms with Crippen LogP contribution in [0.5, 0.6) is 0 Å². The highest BCUT2D eigenvalue weighted by molar-refractivity contribution is 6.06. The number of hydrazone groups is 2. The second-order valence-electron chi connectivity index (χ2n) is 4.68. The van der Waals surface area contributed by atoms with Gasteiger partial charge in [-0.1, -0.05) is 37.3 Å². The summed E-state index contributed by atoms with van der Waals surface area (Å²) in [6.45, 7) is 4.77. The summed E-state index contributed by atoms with van der Waals surface area (Å²) < 4.78 is 0. The molecule has 1 aliphatic heterocycles. The van der Waals surface area contributed by atoms with Gasteiger partial charge in [0.2, 0.25) is 0 Å². The van der Waals surface area contributed by atoms with E-state index in [2.05, 4.69) is 22.6 Å². The van der Waals surface area contributed by atoms with Gasteiger partial charge in [0.25, 0.3) is 0 Å². The monoisotopic (exact) mass is 273 g/mol. The molecular formula is C14H19N5O. The summed E-state index contributed by atoms with van der Waals surface area (Å²) in [4.78, 5) is 10.8. The van der Waals surface area contributed by atoms with Gasteiger partial charge in [-0.15, -0.1) is 0 Å². The van der Waals surface area contributed by atoms with E-state index in [9.17, 15) is 4.79 Å². The van der Waals surface area contributed by atoms with Crippen LogP contribution in [0.3, 0.4) is 0 Å². The lowest BCUT2D eigenvalue weighted by Crippen LogP contribution is -2.38. The van der Waals surface area contributed by atoms with Crippen molar-refractivity contribution in [3.63, 3.8) is 0 Å². The van der Waals surface area contributed by atoms with Gasteiger partial charge in [-0.05, 0) is 12.5 Å². The van der Waals surface area contributed by atoms with Crippen LogP contribution in [0.2, 0.25) is 0 Å². The van der Waals surface area contributed by atoms with Gasteiger partial charge < -0.3 is 5.73 Å². The van der Waals surface area contributed by atoms with E-state index in [-0.39, 0.29) is 5.92 Å². The van der Waals surface area contributed by atoms with E-state index in [4.69, 9.17) is 5.73 Å². The van der Waals surface area contributed by atoms with Crippen molar-refractivity contribution < 1.29 is 4.79 Å². The SMILES string of the molecule is CCN1N=C(c2ccccc2)C(C)CC1=NNC(N)=O. The van der Waals surface area contributed by atoms with Gasteiger partial charge in [0.15, 0.2) is 0 Å². The molecule has 0 spiro atoms. The summed E-state index contributed by atoms with van der Waals surface area (Å²) in [5.74, 6) is 0.951. The van der Waals surface area contributed by atoms with Crippen molar-refractivity contribution in [3.8, 4) is 0 Å². The number of nitrogens with one attached hydrogen (secondary N) is 1. The Balaban J connectivity index is 2.29. The molecule has 20 heavy (non-hydrogen) atoms. The maximum Gasteiger partial charge on any atom is 0.332 e. The van der Waals surface area contributed by atoms with E-state index >= 15 is 0 Å². The van der Waals surface area contributed by atoms with E-state index in [1.807, 2.05) is 37.3 Å². The number of urea groups is 1. The summed E-state index contributed by atoms with van der Waals surface area (Å²) in [5, 5.41) is 10.5. The molecule has 0 saturated carbocycles. The van der Waals surface area contributed by atoms with E-state index in [0.29, 0.717) is 13.0 Å². The lowest BCUT2D eigenvalue weighted by atomic mass is 9.93. The van der Waals surface area contributed by atoms with Crippen molar-refractivity contribution in [2.45, 2.75) is 20.3 Å². The highest BCUT2D eigenvalue weighted by atomic mass is 16.2. The topological polar surface area (TPSA) is 83.1 Å². The molecule has 2 amide bonds. The Morgan fingerprint density at radius 1 is 1.50 bits per heavy atom. The number of hydrogen-bond donors (Lipinski definition) is 2. The molecule has 0 saturated heterocycles. The average Bonchev–Trinajstić information content (AvgIpc) is 2.46. The molecule has 6 nitrogen and oxygen atoms in total. The Bertz CT molecular complexity index is 538. The summed E-state index contributed by atoms with van der Waals surface area (Å²) in [6.07, 6.45) is 0.710. The second kappa shape index (κ2) is 6.18. The van der Waals surface area contributed by atoms with E-state index < -0.39 is 6.03 Å². The molecular weight excluding hydrogens is 254 g/mol. The summed E-state index contributed by atoms with van der Waals surface area (Å²) in [6, 6.07) is 9.41. The summed E-state index contributed by atoms with van der Waals surface area (Å²) in [5.41, 5.74) is 9.45. The van der Waals surface area contributed by atoms with Crippen LogP contribution < -0.4 is 11.2 Å². The zero-order chi connectivity index (χ0) is 14.5. The zero-order valence-electron chi connectivity index (χ0n) is 11.7. The molecule has 6 heteroatoms. The molecule has 1 aliphatic rings. The molecule has 106 valence electrons. The number of nitrogens with two attached hydrogens (primary N) is 1. The fourth-order valence-electron chi connectivity index (χ4n) is 2.19. The largest absolute Gasteiger partial charge is 0.350 e. The van der Waals surface area contributed by atoms with Gasteiger partial charge in [0.05, 0.1) is 5.71 Å². The van der Waals surface area contributed by atoms with Crippen LogP contribution in [0.25, 0.3) is 0 Å². The first kappa shape index (κ1) is 14.0. The second-order valence-corrected chi connectivity index (χ2v) is 4.68. The number of primary amides is 1. The maximum atomic E-state index is 10.8. The third kappa shape index (κ3) is 3.14. The minimum absolute atomic E-state index is 0.230. The number of benzene rings is 1. The predicted octanol–water partition coefficient (Wildman–Crippen LogP) is 1.73. The summed E-state index contributed by atoms with van der Waals surface area (Å²) in [7, 11) is 0. The Labute approximate surface area is 118 Å². The number of hydrogen-bond acceptors (Lipinski definition) is 3. The van der Waals surface area contributed by atoms with Gasteiger partial charge in [-0.25, -0.2) is 15.2 Å². The Hall–Kier alpha value is -2.37. The van der Waals surface area contributed by atoms with Crippen molar-refractivity contribution >= 4 is 17.6 Å². The van der Waals surface area contributed by atoms with E-state index in [0.717, 1.165) is 17.1 Å². The van der Waals surface area contributed by atoms with Gasteiger partial charge in [-0.3, -0.25) is 0 Å². The first-order valence-corrected chi connectivity index (χ1v) is 6.65. The molecule has 1 aromatic rings. The number of rotatable bonds is 3. The Kier molecular flexibility index (Phi) is 4.34. The first-order chi connectivity index (χ1) is 9.61. The van der Waals surface area contributed by atoms with Crippen LogP contribution in [0.4, 0.5) is 4.79 Å². The molecule has 0 radical (unpaired) electrons. The predicted molar refractivity (Wildman–Crippen MR) is 79.3 cm³/mol. The highest BCUT2D eigenvalue weighted by Crippen LogP contribution is 2.21. The van der Waals surface area contributed by atoms with Gasteiger partial charge in [0.1, 0.15) is 5.84 Å². The number of amides is 2. The Morgan fingerprint density at radius 2 is 2.20 bits per heavy atom. The fraction of sp³-hybridized carbons (Fsp3) is 0.357. The molecule has 3 N–H and O–H groups in total. The minimum atomic E-state index is -0.668. The normalized spacial score (nSPS) is 20.7. The van der Waals surface area contributed by atoms with Crippen molar-refractivity contribution in [2.75, 3.05) is 6.54 Å². The molecule has 1 aromatic carbocycles. The van der Waals surface area contributed by atoms with Crippen molar-refractivity contribution in [3.05, 3.63) is 35.9 Å². The first-order valence-electron chi connectivity index (χ1n) is 6.65. The third-order valence-corrected chi connectivity index (χ3v) is 3.15. The van der Waals surface area contributed by atoms with Crippen LogP contribution >= 0.6 is 0 Å². The van der Waals surface area contributed by atoms with Crippen LogP contribution in [-0.2, 0) is 0 Å². The van der Waals surface area contributed by atoms with Crippen molar-refractivity contribution in [2.24, 2.45) is 21.9 Å². The summed E-state index contributed by atoms with van der Waals surface area (Å²) >= 11 is 0. The minimum Gasteiger partial charge on any atom is -0.350 e. The molecule has 2 rings (SSSR count). The standard InChI is InChI=1S/C14H19N5O/c1-3-19-12(16-17-14(15)20)9-10(2)13(18-19)11-7-5-4-6-8-11/h4-8,10H,3,9H2,1-2H3,(H3,15,17,20). The van der Waals surface area contributed by atoms with Crippen LogP contribution in [-0.4, -0.2) is 29.1 Å². The van der Waals surface area contributed by atoms with Gasteiger partial charge >= 0.3 is 6.03 Å². The van der Waals surface area contributed by atoms with Crippen LogP contribution in [0.1, 0.15) is 25.8 Å². The molecule has 0 aromatic heterocycles. The molecule has 0 bridgehead atoms. The maximum absolute atomic E-state index is 10.8. The molecule has 1 atom stereocenters. The fourth-order valence-corrected chi connectivity index (χ4v) is 2.19. The molecule has 1 unspecified atom stereocenters. The zero-order valence-corrected chi connectivity index (χ0v) is 11.7. The number of carbonyl (C=O) groups excluding carboxylic acids is 1. The van der Waals surface area contributed by atoms with E-state index in [1.54, 1.807) is 5.01 Å². The number of nitrogens with zero attached hydrogens (tertiary/aromatic N) is 3. The molecule has 0 aliphatic carbocycles. The number of amidine groups is 1. The van der Waals surface area contributed by atoms with Crippen LogP contribution in [0, 0.1) is 5.92 Å². The third-order valence-electron chi connectivity index (χ3n) is 3.15. The van der Waals surface area contributed by atoms with Crippen molar-refractivity contribution in [1.82, 2.24) is 10.4 Å². The smallest absolute Gasteiger partial charge is 0.332 e. The molecule has 1 heterocycles. The van der Waals surface area contributed by atoms with E-state index in [1.165, 1.54) is 0 Å². The van der Waals surface area contributed by atoms with Crippen molar-refractivity contribution in [1.29, 1.82) is 0 Å². The average molecular weight is 273 g/mol.